The number of nitro benzene ring substituents is 1. The highest BCUT2D eigenvalue weighted by Gasteiger charge is 2.15. The Morgan fingerprint density at radius 3 is 2.57 bits per heavy atom. The molecule has 0 fully saturated rings. The molecule has 1 N–H and O–H groups in total. The largest absolute Gasteiger partial charge is 0.306 e. The van der Waals surface area contributed by atoms with E-state index in [2.05, 4.69) is 21.2 Å². The Morgan fingerprint density at radius 2 is 1.95 bits per heavy atom. The third kappa shape index (κ3) is 4.27. The maximum atomic E-state index is 11.1. The Labute approximate surface area is 136 Å². The summed E-state index contributed by atoms with van der Waals surface area (Å²) in [7, 11) is 0. The molecule has 0 bridgehead atoms. The van der Waals surface area contributed by atoms with Crippen molar-refractivity contribution >= 4 is 33.2 Å². The van der Waals surface area contributed by atoms with Crippen molar-refractivity contribution < 1.29 is 4.92 Å². The average molecular weight is 370 g/mol. The standard InChI is InChI=1S/C15H14BrClN2O2/c1-10(11-3-6-14(17)7-4-11)18-9-12-2-5-13(16)8-15(12)19(20)21/h2-8,10,18H,9H2,1H3. The van der Waals surface area contributed by atoms with Gasteiger partial charge in [0.05, 0.1) is 4.92 Å². The maximum absolute atomic E-state index is 11.1. The maximum Gasteiger partial charge on any atom is 0.275 e. The Bertz CT molecular complexity index is 647. The van der Waals surface area contributed by atoms with Gasteiger partial charge < -0.3 is 5.32 Å². The molecule has 6 heteroatoms. The Kier molecular flexibility index (Phi) is 5.33. The lowest BCUT2D eigenvalue weighted by atomic mass is 10.1. The molecule has 0 aliphatic carbocycles. The first-order valence-corrected chi connectivity index (χ1v) is 7.56. The first kappa shape index (κ1) is 15.9. The molecule has 0 radical (unpaired) electrons. The quantitative estimate of drug-likeness (QED) is 0.605. The fourth-order valence-corrected chi connectivity index (χ4v) is 2.46. The van der Waals surface area contributed by atoms with Crippen LogP contribution in [0.5, 0.6) is 0 Å². The zero-order valence-corrected chi connectivity index (χ0v) is 13.7. The van der Waals surface area contributed by atoms with E-state index in [0.717, 1.165) is 5.56 Å². The monoisotopic (exact) mass is 368 g/mol. The summed E-state index contributed by atoms with van der Waals surface area (Å²) in [5, 5.41) is 15.0. The number of nitro groups is 1. The second kappa shape index (κ2) is 7.02. The molecule has 0 amide bonds. The summed E-state index contributed by atoms with van der Waals surface area (Å²) < 4.78 is 0.698. The molecule has 110 valence electrons. The van der Waals surface area contributed by atoms with Crippen molar-refractivity contribution in [3.63, 3.8) is 0 Å². The lowest BCUT2D eigenvalue weighted by molar-refractivity contribution is -0.385. The molecule has 2 rings (SSSR count). The van der Waals surface area contributed by atoms with Crippen LogP contribution in [-0.4, -0.2) is 4.92 Å². The van der Waals surface area contributed by atoms with E-state index >= 15 is 0 Å². The molecule has 0 saturated heterocycles. The van der Waals surface area contributed by atoms with Gasteiger partial charge in [0.15, 0.2) is 0 Å². The second-order valence-electron chi connectivity index (χ2n) is 4.68. The Hall–Kier alpha value is -1.43. The molecular formula is C15H14BrClN2O2. The fraction of sp³-hybridized carbons (Fsp3) is 0.200. The fourth-order valence-electron chi connectivity index (χ4n) is 1.99. The normalized spacial score (nSPS) is 12.1. The van der Waals surface area contributed by atoms with E-state index in [9.17, 15) is 10.1 Å². The molecule has 21 heavy (non-hydrogen) atoms. The third-order valence-corrected chi connectivity index (χ3v) is 3.96. The summed E-state index contributed by atoms with van der Waals surface area (Å²) in [6, 6.07) is 12.7. The summed E-state index contributed by atoms with van der Waals surface area (Å²) >= 11 is 9.11. The minimum absolute atomic E-state index is 0.0746. The topological polar surface area (TPSA) is 55.2 Å². The van der Waals surface area contributed by atoms with E-state index in [1.807, 2.05) is 31.2 Å². The first-order chi connectivity index (χ1) is 9.97. The number of nitrogens with zero attached hydrogens (tertiary/aromatic N) is 1. The van der Waals surface area contributed by atoms with Crippen molar-refractivity contribution in [3.8, 4) is 0 Å². The van der Waals surface area contributed by atoms with Crippen LogP contribution in [-0.2, 0) is 6.54 Å². The highest BCUT2D eigenvalue weighted by Crippen LogP contribution is 2.24. The number of hydrogen-bond donors (Lipinski definition) is 1. The van der Waals surface area contributed by atoms with Gasteiger partial charge in [-0.15, -0.1) is 0 Å². The summed E-state index contributed by atoms with van der Waals surface area (Å²) in [4.78, 5) is 10.7. The van der Waals surface area contributed by atoms with Gasteiger partial charge in [-0.1, -0.05) is 39.7 Å². The van der Waals surface area contributed by atoms with Gasteiger partial charge in [0.1, 0.15) is 0 Å². The van der Waals surface area contributed by atoms with E-state index in [1.54, 1.807) is 12.1 Å². The molecule has 2 aromatic carbocycles. The first-order valence-electron chi connectivity index (χ1n) is 6.39. The number of halogens is 2. The predicted octanol–water partition coefficient (Wildman–Crippen LogP) is 4.86. The van der Waals surface area contributed by atoms with Crippen LogP contribution < -0.4 is 5.32 Å². The van der Waals surface area contributed by atoms with Crippen LogP contribution in [0.3, 0.4) is 0 Å². The number of rotatable bonds is 5. The zero-order chi connectivity index (χ0) is 15.4. The van der Waals surface area contributed by atoms with Crippen LogP contribution in [0.15, 0.2) is 46.9 Å². The second-order valence-corrected chi connectivity index (χ2v) is 6.04. The molecule has 0 aromatic heterocycles. The summed E-state index contributed by atoms with van der Waals surface area (Å²) in [6.07, 6.45) is 0. The van der Waals surface area contributed by atoms with Crippen molar-refractivity contribution in [1.29, 1.82) is 0 Å². The van der Waals surface area contributed by atoms with Crippen molar-refractivity contribution in [1.82, 2.24) is 5.32 Å². The van der Waals surface area contributed by atoms with Crippen molar-refractivity contribution in [2.45, 2.75) is 19.5 Å². The van der Waals surface area contributed by atoms with Crippen LogP contribution in [0.1, 0.15) is 24.1 Å². The summed E-state index contributed by atoms with van der Waals surface area (Å²) in [6.45, 7) is 2.43. The van der Waals surface area contributed by atoms with E-state index in [4.69, 9.17) is 11.6 Å². The highest BCUT2D eigenvalue weighted by atomic mass is 79.9. The van der Waals surface area contributed by atoms with Crippen LogP contribution in [0.2, 0.25) is 5.02 Å². The Balaban J connectivity index is 2.09. The Morgan fingerprint density at radius 1 is 1.29 bits per heavy atom. The molecular weight excluding hydrogens is 356 g/mol. The van der Waals surface area contributed by atoms with Crippen LogP contribution >= 0.6 is 27.5 Å². The number of benzene rings is 2. The molecule has 1 atom stereocenters. The van der Waals surface area contributed by atoms with Gasteiger partial charge in [-0.25, -0.2) is 0 Å². The van der Waals surface area contributed by atoms with Crippen LogP contribution in [0.25, 0.3) is 0 Å². The van der Waals surface area contributed by atoms with E-state index < -0.39 is 0 Å². The minimum atomic E-state index is -0.366. The van der Waals surface area contributed by atoms with Gasteiger partial charge in [-0.05, 0) is 36.8 Å². The van der Waals surface area contributed by atoms with Gasteiger partial charge in [0, 0.05) is 33.7 Å². The molecule has 1 unspecified atom stereocenters. The summed E-state index contributed by atoms with van der Waals surface area (Å²) in [5.41, 5.74) is 1.85. The zero-order valence-electron chi connectivity index (χ0n) is 11.3. The van der Waals surface area contributed by atoms with Crippen LogP contribution in [0, 0.1) is 10.1 Å². The van der Waals surface area contributed by atoms with Crippen LogP contribution in [0.4, 0.5) is 5.69 Å². The van der Waals surface area contributed by atoms with Gasteiger partial charge in [-0.3, -0.25) is 10.1 Å². The lowest BCUT2D eigenvalue weighted by Crippen LogP contribution is -2.18. The highest BCUT2D eigenvalue weighted by molar-refractivity contribution is 9.10. The van der Waals surface area contributed by atoms with E-state index in [-0.39, 0.29) is 16.7 Å². The molecule has 0 spiro atoms. The predicted molar refractivity (Wildman–Crippen MR) is 87.5 cm³/mol. The average Bonchev–Trinajstić information content (AvgIpc) is 2.46. The SMILES string of the molecule is CC(NCc1ccc(Br)cc1[N+](=O)[O-])c1ccc(Cl)cc1. The van der Waals surface area contributed by atoms with Gasteiger partial charge in [-0.2, -0.15) is 0 Å². The van der Waals surface area contributed by atoms with Crippen molar-refractivity contribution in [3.05, 3.63) is 73.2 Å². The number of nitrogens with one attached hydrogen (secondary N) is 1. The molecule has 4 nitrogen and oxygen atoms in total. The summed E-state index contributed by atoms with van der Waals surface area (Å²) in [5.74, 6) is 0. The van der Waals surface area contributed by atoms with Gasteiger partial charge >= 0.3 is 0 Å². The molecule has 0 aliphatic rings. The van der Waals surface area contributed by atoms with E-state index in [0.29, 0.717) is 21.6 Å². The molecule has 0 aliphatic heterocycles. The lowest BCUT2D eigenvalue weighted by Gasteiger charge is -2.14. The van der Waals surface area contributed by atoms with Gasteiger partial charge in [0.25, 0.3) is 5.69 Å². The number of hydrogen-bond acceptors (Lipinski definition) is 3. The smallest absolute Gasteiger partial charge is 0.275 e. The van der Waals surface area contributed by atoms with Crippen molar-refractivity contribution in [2.75, 3.05) is 0 Å². The molecule has 2 aromatic rings. The molecule has 0 saturated carbocycles. The third-order valence-electron chi connectivity index (χ3n) is 3.21. The minimum Gasteiger partial charge on any atom is -0.306 e. The van der Waals surface area contributed by atoms with E-state index in [1.165, 1.54) is 6.07 Å². The van der Waals surface area contributed by atoms with Gasteiger partial charge in [0.2, 0.25) is 0 Å². The van der Waals surface area contributed by atoms with Crippen molar-refractivity contribution in [2.24, 2.45) is 0 Å². The molecule has 0 heterocycles.